The van der Waals surface area contributed by atoms with Gasteiger partial charge in [0.1, 0.15) is 0 Å². The molecule has 0 bridgehead atoms. The zero-order chi connectivity index (χ0) is 10.0. The first-order valence-corrected chi connectivity index (χ1v) is 5.76. The lowest BCUT2D eigenvalue weighted by molar-refractivity contribution is 0.0612. The van der Waals surface area contributed by atoms with Gasteiger partial charge in [-0.25, -0.2) is 0 Å². The molecule has 0 aliphatic heterocycles. The van der Waals surface area contributed by atoms with Gasteiger partial charge in [0, 0.05) is 12.1 Å². The molecule has 0 aromatic carbocycles. The van der Waals surface area contributed by atoms with Gasteiger partial charge < -0.3 is 4.90 Å². The second-order valence-corrected chi connectivity index (χ2v) is 5.18. The van der Waals surface area contributed by atoms with Gasteiger partial charge in [0.15, 0.2) is 0 Å². The standard InChI is InChI=1S/C12H25N/c1-9(2)12(11-7-6-8-11)13(5)10(3)4/h9-12H,6-8H2,1-5H3/t12-/m1/s1. The van der Waals surface area contributed by atoms with Gasteiger partial charge in [0.05, 0.1) is 0 Å². The van der Waals surface area contributed by atoms with Crippen LogP contribution in [0.3, 0.4) is 0 Å². The van der Waals surface area contributed by atoms with Gasteiger partial charge in [-0.2, -0.15) is 0 Å². The molecule has 0 aromatic heterocycles. The fourth-order valence-corrected chi connectivity index (χ4v) is 2.47. The van der Waals surface area contributed by atoms with E-state index in [1.54, 1.807) is 0 Å². The molecule has 1 fully saturated rings. The van der Waals surface area contributed by atoms with E-state index in [2.05, 4.69) is 39.6 Å². The number of rotatable bonds is 4. The maximum Gasteiger partial charge on any atom is 0.0146 e. The van der Waals surface area contributed by atoms with Gasteiger partial charge in [-0.3, -0.25) is 0 Å². The van der Waals surface area contributed by atoms with E-state index in [4.69, 9.17) is 0 Å². The molecule has 0 unspecified atom stereocenters. The van der Waals surface area contributed by atoms with Crippen LogP contribution in [0.1, 0.15) is 47.0 Å². The summed E-state index contributed by atoms with van der Waals surface area (Å²) >= 11 is 0. The van der Waals surface area contributed by atoms with Crippen LogP contribution in [0.2, 0.25) is 0 Å². The normalized spacial score (nSPS) is 21.2. The van der Waals surface area contributed by atoms with Crippen molar-refractivity contribution in [2.24, 2.45) is 11.8 Å². The minimum absolute atomic E-state index is 0.688. The Morgan fingerprint density at radius 2 is 1.62 bits per heavy atom. The summed E-state index contributed by atoms with van der Waals surface area (Å²) in [7, 11) is 2.29. The third-order valence-corrected chi connectivity index (χ3v) is 3.60. The van der Waals surface area contributed by atoms with Crippen molar-refractivity contribution in [3.05, 3.63) is 0 Å². The van der Waals surface area contributed by atoms with Gasteiger partial charge >= 0.3 is 0 Å². The van der Waals surface area contributed by atoms with Crippen molar-refractivity contribution < 1.29 is 0 Å². The second-order valence-electron chi connectivity index (χ2n) is 5.18. The van der Waals surface area contributed by atoms with Gasteiger partial charge in [-0.05, 0) is 45.6 Å². The van der Waals surface area contributed by atoms with Crippen LogP contribution in [0.5, 0.6) is 0 Å². The average Bonchev–Trinajstić information content (AvgIpc) is 1.94. The predicted octanol–water partition coefficient (Wildman–Crippen LogP) is 3.15. The molecule has 0 heterocycles. The van der Waals surface area contributed by atoms with Gasteiger partial charge in [0.2, 0.25) is 0 Å². The molecular weight excluding hydrogens is 158 g/mol. The van der Waals surface area contributed by atoms with E-state index in [-0.39, 0.29) is 0 Å². The molecule has 1 saturated carbocycles. The molecule has 0 saturated heterocycles. The van der Waals surface area contributed by atoms with E-state index in [1.165, 1.54) is 19.3 Å². The molecule has 1 atom stereocenters. The highest BCUT2D eigenvalue weighted by Gasteiger charge is 2.32. The molecule has 1 nitrogen and oxygen atoms in total. The predicted molar refractivity (Wildman–Crippen MR) is 58.9 cm³/mol. The second kappa shape index (κ2) is 4.45. The summed E-state index contributed by atoms with van der Waals surface area (Å²) in [6.07, 6.45) is 4.37. The van der Waals surface area contributed by atoms with Crippen LogP contribution in [0.25, 0.3) is 0 Å². The monoisotopic (exact) mass is 183 g/mol. The fourth-order valence-electron chi connectivity index (χ4n) is 2.47. The zero-order valence-corrected chi connectivity index (χ0v) is 9.88. The number of nitrogens with zero attached hydrogens (tertiary/aromatic N) is 1. The molecule has 0 amide bonds. The van der Waals surface area contributed by atoms with Crippen LogP contribution >= 0.6 is 0 Å². The summed E-state index contributed by atoms with van der Waals surface area (Å²) in [4.78, 5) is 2.56. The van der Waals surface area contributed by atoms with Crippen molar-refractivity contribution in [3.63, 3.8) is 0 Å². The Morgan fingerprint density at radius 1 is 1.08 bits per heavy atom. The molecule has 0 radical (unpaired) electrons. The average molecular weight is 183 g/mol. The van der Waals surface area contributed by atoms with Crippen LogP contribution in [-0.2, 0) is 0 Å². The van der Waals surface area contributed by atoms with Crippen LogP contribution in [0.4, 0.5) is 0 Å². The third-order valence-electron chi connectivity index (χ3n) is 3.60. The summed E-state index contributed by atoms with van der Waals surface area (Å²) in [6.45, 7) is 9.33. The van der Waals surface area contributed by atoms with E-state index in [9.17, 15) is 0 Å². The lowest BCUT2D eigenvalue weighted by Crippen LogP contribution is -2.47. The quantitative estimate of drug-likeness (QED) is 0.647. The molecule has 1 aliphatic carbocycles. The Hall–Kier alpha value is -0.0400. The summed E-state index contributed by atoms with van der Waals surface area (Å²) in [5.41, 5.74) is 0. The number of hydrogen-bond acceptors (Lipinski definition) is 1. The van der Waals surface area contributed by atoms with E-state index in [1.807, 2.05) is 0 Å². The molecule has 0 N–H and O–H groups in total. The SMILES string of the molecule is CC(C)[C@H](C1CCC1)N(C)C(C)C. The smallest absolute Gasteiger partial charge is 0.0146 e. The topological polar surface area (TPSA) is 3.24 Å². The molecule has 1 rings (SSSR count). The molecule has 1 aliphatic rings. The van der Waals surface area contributed by atoms with Gasteiger partial charge in [-0.15, -0.1) is 0 Å². The lowest BCUT2D eigenvalue weighted by Gasteiger charge is -2.43. The van der Waals surface area contributed by atoms with E-state index in [0.717, 1.165) is 17.9 Å². The summed E-state index contributed by atoms with van der Waals surface area (Å²) in [5.74, 6) is 1.78. The van der Waals surface area contributed by atoms with Crippen LogP contribution in [0.15, 0.2) is 0 Å². The highest BCUT2D eigenvalue weighted by atomic mass is 15.2. The minimum atomic E-state index is 0.688. The molecule has 0 spiro atoms. The van der Waals surface area contributed by atoms with Crippen LogP contribution in [0, 0.1) is 11.8 Å². The first-order chi connectivity index (χ1) is 6.04. The van der Waals surface area contributed by atoms with Crippen molar-refractivity contribution in [3.8, 4) is 0 Å². The van der Waals surface area contributed by atoms with Crippen LogP contribution in [-0.4, -0.2) is 24.0 Å². The Kier molecular flexibility index (Phi) is 3.78. The van der Waals surface area contributed by atoms with Crippen molar-refractivity contribution in [2.75, 3.05) is 7.05 Å². The van der Waals surface area contributed by atoms with Crippen LogP contribution < -0.4 is 0 Å². The first-order valence-electron chi connectivity index (χ1n) is 5.76. The Bertz CT molecular complexity index is 147. The molecular formula is C12H25N. The fraction of sp³-hybridized carbons (Fsp3) is 1.00. The minimum Gasteiger partial charge on any atom is -0.300 e. The highest BCUT2D eigenvalue weighted by Crippen LogP contribution is 2.35. The Morgan fingerprint density at radius 3 is 1.85 bits per heavy atom. The third kappa shape index (κ3) is 2.46. The summed E-state index contributed by atoms with van der Waals surface area (Å²) in [5, 5.41) is 0. The van der Waals surface area contributed by atoms with Crippen molar-refractivity contribution in [1.29, 1.82) is 0 Å². The van der Waals surface area contributed by atoms with Gasteiger partial charge in [-0.1, -0.05) is 20.3 Å². The highest BCUT2D eigenvalue weighted by molar-refractivity contribution is 4.86. The van der Waals surface area contributed by atoms with E-state index < -0.39 is 0 Å². The number of hydrogen-bond donors (Lipinski definition) is 0. The van der Waals surface area contributed by atoms with Crippen molar-refractivity contribution >= 4 is 0 Å². The summed E-state index contributed by atoms with van der Waals surface area (Å²) in [6, 6.07) is 1.50. The van der Waals surface area contributed by atoms with E-state index >= 15 is 0 Å². The van der Waals surface area contributed by atoms with Crippen molar-refractivity contribution in [2.45, 2.75) is 59.0 Å². The Labute approximate surface area is 83.5 Å². The molecule has 1 heteroatoms. The van der Waals surface area contributed by atoms with E-state index in [0.29, 0.717) is 6.04 Å². The molecule has 13 heavy (non-hydrogen) atoms. The maximum atomic E-state index is 2.56. The lowest BCUT2D eigenvalue weighted by atomic mass is 9.75. The zero-order valence-electron chi connectivity index (χ0n) is 9.88. The molecule has 78 valence electrons. The first kappa shape index (κ1) is 11.0. The van der Waals surface area contributed by atoms with Gasteiger partial charge in [0.25, 0.3) is 0 Å². The summed E-state index contributed by atoms with van der Waals surface area (Å²) < 4.78 is 0. The molecule has 0 aromatic rings. The largest absolute Gasteiger partial charge is 0.300 e. The Balaban J connectivity index is 2.55. The maximum absolute atomic E-state index is 2.56. The van der Waals surface area contributed by atoms with Crippen molar-refractivity contribution in [1.82, 2.24) is 4.90 Å².